The lowest BCUT2D eigenvalue weighted by Gasteiger charge is -2.26. The molecule has 0 radical (unpaired) electrons. The number of rotatable bonds is 1. The van der Waals surface area contributed by atoms with E-state index in [1.54, 1.807) is 0 Å². The number of aromatic nitrogens is 1. The second kappa shape index (κ2) is 4.24. The standard InChI is InChI=1S/C14H16N2O/c17-14(16-8-2-1-3-9-16)12-4-5-13-11(10-12)6-7-15-13/h4-7,10,15H,1-3,8-9H2. The van der Waals surface area contributed by atoms with Crippen LogP contribution in [0.5, 0.6) is 0 Å². The minimum Gasteiger partial charge on any atom is -0.361 e. The van der Waals surface area contributed by atoms with Crippen LogP contribution in [0.3, 0.4) is 0 Å². The van der Waals surface area contributed by atoms with Gasteiger partial charge in [-0.1, -0.05) is 0 Å². The molecule has 3 heteroatoms. The summed E-state index contributed by atoms with van der Waals surface area (Å²) in [6.07, 6.45) is 5.43. The predicted molar refractivity (Wildman–Crippen MR) is 68.1 cm³/mol. The van der Waals surface area contributed by atoms with Crippen LogP contribution < -0.4 is 0 Å². The molecule has 1 fully saturated rings. The number of hydrogen-bond donors (Lipinski definition) is 1. The normalized spacial score (nSPS) is 16.4. The number of carbonyl (C=O) groups is 1. The highest BCUT2D eigenvalue weighted by atomic mass is 16.2. The third-order valence-corrected chi connectivity index (χ3v) is 3.44. The number of nitrogens with one attached hydrogen (secondary N) is 1. The molecule has 0 atom stereocenters. The van der Waals surface area contributed by atoms with Crippen LogP contribution in [0.4, 0.5) is 0 Å². The quantitative estimate of drug-likeness (QED) is 0.800. The molecule has 1 saturated heterocycles. The maximum absolute atomic E-state index is 12.3. The van der Waals surface area contributed by atoms with Crippen molar-refractivity contribution in [3.8, 4) is 0 Å². The van der Waals surface area contributed by atoms with E-state index >= 15 is 0 Å². The highest BCUT2D eigenvalue weighted by molar-refractivity contribution is 5.98. The van der Waals surface area contributed by atoms with Crippen LogP contribution in [0.1, 0.15) is 29.6 Å². The van der Waals surface area contributed by atoms with Crippen LogP contribution in [0.2, 0.25) is 0 Å². The van der Waals surface area contributed by atoms with Crippen molar-refractivity contribution < 1.29 is 4.79 Å². The Hall–Kier alpha value is -1.77. The first kappa shape index (κ1) is 10.4. The fourth-order valence-electron chi connectivity index (χ4n) is 2.47. The monoisotopic (exact) mass is 228 g/mol. The van der Waals surface area contributed by atoms with Gasteiger partial charge in [0, 0.05) is 35.8 Å². The van der Waals surface area contributed by atoms with Gasteiger partial charge in [-0.2, -0.15) is 0 Å². The molecule has 0 spiro atoms. The number of hydrogen-bond acceptors (Lipinski definition) is 1. The summed E-state index contributed by atoms with van der Waals surface area (Å²) in [4.78, 5) is 17.4. The van der Waals surface area contributed by atoms with E-state index < -0.39 is 0 Å². The molecule has 1 aliphatic rings. The van der Waals surface area contributed by atoms with Crippen molar-refractivity contribution in [2.45, 2.75) is 19.3 Å². The largest absolute Gasteiger partial charge is 0.361 e. The van der Waals surface area contributed by atoms with Crippen LogP contribution in [0.25, 0.3) is 10.9 Å². The molecule has 3 nitrogen and oxygen atoms in total. The molecule has 0 bridgehead atoms. The molecule has 17 heavy (non-hydrogen) atoms. The Morgan fingerprint density at radius 3 is 2.76 bits per heavy atom. The predicted octanol–water partition coefficient (Wildman–Crippen LogP) is 2.79. The summed E-state index contributed by atoms with van der Waals surface area (Å²) in [5.41, 5.74) is 1.89. The molecular formula is C14H16N2O. The first-order valence-corrected chi connectivity index (χ1v) is 6.21. The number of H-pyrrole nitrogens is 1. The van der Waals surface area contributed by atoms with E-state index in [9.17, 15) is 4.79 Å². The number of nitrogens with zero attached hydrogens (tertiary/aromatic N) is 1. The Kier molecular flexibility index (Phi) is 2.59. The van der Waals surface area contributed by atoms with Gasteiger partial charge in [-0.15, -0.1) is 0 Å². The van der Waals surface area contributed by atoms with E-state index in [2.05, 4.69) is 4.98 Å². The average Bonchev–Trinajstić information content (AvgIpc) is 2.86. The van der Waals surface area contributed by atoms with Gasteiger partial charge < -0.3 is 9.88 Å². The van der Waals surface area contributed by atoms with Gasteiger partial charge in [0.05, 0.1) is 0 Å². The first-order chi connectivity index (χ1) is 8.34. The van der Waals surface area contributed by atoms with Crippen molar-refractivity contribution in [3.63, 3.8) is 0 Å². The van der Waals surface area contributed by atoms with Gasteiger partial charge in [0.1, 0.15) is 0 Å². The zero-order valence-corrected chi connectivity index (χ0v) is 9.78. The van der Waals surface area contributed by atoms with E-state index in [0.29, 0.717) is 0 Å². The smallest absolute Gasteiger partial charge is 0.253 e. The number of amides is 1. The summed E-state index contributed by atoms with van der Waals surface area (Å²) in [7, 11) is 0. The molecule has 1 N–H and O–H groups in total. The van der Waals surface area contributed by atoms with Gasteiger partial charge in [0.25, 0.3) is 5.91 Å². The second-order valence-corrected chi connectivity index (χ2v) is 4.63. The van der Waals surface area contributed by atoms with Crippen LogP contribution in [0.15, 0.2) is 30.5 Å². The van der Waals surface area contributed by atoms with Crippen molar-refractivity contribution in [1.82, 2.24) is 9.88 Å². The van der Waals surface area contributed by atoms with Crippen LogP contribution in [-0.2, 0) is 0 Å². The summed E-state index contributed by atoms with van der Waals surface area (Å²) < 4.78 is 0. The van der Waals surface area contributed by atoms with Gasteiger partial charge in [-0.25, -0.2) is 0 Å². The van der Waals surface area contributed by atoms with E-state index in [1.165, 1.54) is 6.42 Å². The fourth-order valence-corrected chi connectivity index (χ4v) is 2.47. The highest BCUT2D eigenvalue weighted by Crippen LogP contribution is 2.17. The molecule has 1 aliphatic heterocycles. The molecule has 1 aromatic heterocycles. The molecule has 88 valence electrons. The topological polar surface area (TPSA) is 36.1 Å². The van der Waals surface area contributed by atoms with Crippen LogP contribution in [0, 0.1) is 0 Å². The molecule has 0 unspecified atom stereocenters. The van der Waals surface area contributed by atoms with E-state index in [1.807, 2.05) is 35.4 Å². The zero-order chi connectivity index (χ0) is 11.7. The number of benzene rings is 1. The van der Waals surface area contributed by atoms with Crippen LogP contribution >= 0.6 is 0 Å². The van der Waals surface area contributed by atoms with Crippen molar-refractivity contribution >= 4 is 16.8 Å². The first-order valence-electron chi connectivity index (χ1n) is 6.21. The van der Waals surface area contributed by atoms with Gasteiger partial charge in [-0.3, -0.25) is 4.79 Å². The molecule has 1 aromatic carbocycles. The maximum atomic E-state index is 12.3. The van der Waals surface area contributed by atoms with E-state index in [4.69, 9.17) is 0 Å². The van der Waals surface area contributed by atoms with E-state index in [0.717, 1.165) is 42.4 Å². The fraction of sp³-hybridized carbons (Fsp3) is 0.357. The van der Waals surface area contributed by atoms with Crippen molar-refractivity contribution in [2.75, 3.05) is 13.1 Å². The minimum atomic E-state index is 0.174. The van der Waals surface area contributed by atoms with Gasteiger partial charge in [-0.05, 0) is 43.5 Å². The third kappa shape index (κ3) is 1.93. The molecule has 1 amide bonds. The van der Waals surface area contributed by atoms with Crippen LogP contribution in [-0.4, -0.2) is 28.9 Å². The number of fused-ring (bicyclic) bond motifs is 1. The number of aromatic amines is 1. The minimum absolute atomic E-state index is 0.174. The Morgan fingerprint density at radius 1 is 1.12 bits per heavy atom. The van der Waals surface area contributed by atoms with Gasteiger partial charge in [0.2, 0.25) is 0 Å². The maximum Gasteiger partial charge on any atom is 0.253 e. The van der Waals surface area contributed by atoms with Crippen molar-refractivity contribution in [3.05, 3.63) is 36.0 Å². The second-order valence-electron chi connectivity index (χ2n) is 4.63. The number of piperidine rings is 1. The number of likely N-dealkylation sites (tertiary alicyclic amines) is 1. The third-order valence-electron chi connectivity index (χ3n) is 3.44. The molecule has 2 heterocycles. The highest BCUT2D eigenvalue weighted by Gasteiger charge is 2.18. The summed E-state index contributed by atoms with van der Waals surface area (Å²) >= 11 is 0. The summed E-state index contributed by atoms with van der Waals surface area (Å²) in [6, 6.07) is 7.87. The summed E-state index contributed by atoms with van der Waals surface area (Å²) in [6.45, 7) is 1.81. The Morgan fingerprint density at radius 2 is 1.94 bits per heavy atom. The average molecular weight is 228 g/mol. The molecular weight excluding hydrogens is 212 g/mol. The number of carbonyl (C=O) groups excluding carboxylic acids is 1. The Balaban J connectivity index is 1.88. The molecule has 0 aliphatic carbocycles. The lowest BCUT2D eigenvalue weighted by atomic mass is 10.1. The lowest BCUT2D eigenvalue weighted by Crippen LogP contribution is -2.35. The summed E-state index contributed by atoms with van der Waals surface area (Å²) in [5.74, 6) is 0.174. The zero-order valence-electron chi connectivity index (χ0n) is 9.78. The Labute approximate surface area is 100 Å². The molecule has 2 aromatic rings. The molecule has 0 saturated carbocycles. The SMILES string of the molecule is O=C(c1ccc2[nH]ccc2c1)N1CCCCC1. The van der Waals surface area contributed by atoms with E-state index in [-0.39, 0.29) is 5.91 Å². The Bertz CT molecular complexity index is 538. The van der Waals surface area contributed by atoms with Gasteiger partial charge in [0.15, 0.2) is 0 Å². The van der Waals surface area contributed by atoms with Crippen molar-refractivity contribution in [2.24, 2.45) is 0 Å². The molecule has 3 rings (SSSR count). The lowest BCUT2D eigenvalue weighted by molar-refractivity contribution is 0.0724. The van der Waals surface area contributed by atoms with Gasteiger partial charge >= 0.3 is 0 Å². The van der Waals surface area contributed by atoms with Crippen molar-refractivity contribution in [1.29, 1.82) is 0 Å². The summed E-state index contributed by atoms with van der Waals surface area (Å²) in [5, 5.41) is 1.10.